The van der Waals surface area contributed by atoms with Crippen LogP contribution in [0.2, 0.25) is 10.0 Å². The summed E-state index contributed by atoms with van der Waals surface area (Å²) in [6, 6.07) is 5.70. The standard InChI is InChI=1S/C17H25Cl2N3O/c1-3-4-14-11-22(8-7-21-14)16(17(23)20-2)9-12-5-6-13(18)10-15(12)19/h5-6,10,14,16,21H,3-4,7-9,11H2,1-2H3,(H,20,23). The lowest BCUT2D eigenvalue weighted by molar-refractivity contribution is -0.126. The minimum atomic E-state index is -0.208. The molecule has 0 saturated carbocycles. The van der Waals surface area contributed by atoms with Gasteiger partial charge in [-0.25, -0.2) is 0 Å². The Balaban J connectivity index is 2.14. The van der Waals surface area contributed by atoms with E-state index in [9.17, 15) is 4.79 Å². The lowest BCUT2D eigenvalue weighted by Crippen LogP contribution is -2.57. The van der Waals surface area contributed by atoms with Gasteiger partial charge in [0, 0.05) is 42.8 Å². The zero-order chi connectivity index (χ0) is 16.8. The van der Waals surface area contributed by atoms with Gasteiger partial charge in [0.25, 0.3) is 0 Å². The van der Waals surface area contributed by atoms with Crippen molar-refractivity contribution in [1.82, 2.24) is 15.5 Å². The topological polar surface area (TPSA) is 44.4 Å². The maximum absolute atomic E-state index is 12.4. The third kappa shape index (κ3) is 5.08. The van der Waals surface area contributed by atoms with Gasteiger partial charge in [0.05, 0.1) is 6.04 Å². The molecule has 0 aromatic heterocycles. The Morgan fingerprint density at radius 2 is 2.26 bits per heavy atom. The van der Waals surface area contributed by atoms with Gasteiger partial charge in [-0.3, -0.25) is 9.69 Å². The van der Waals surface area contributed by atoms with Gasteiger partial charge in [0.2, 0.25) is 5.91 Å². The highest BCUT2D eigenvalue weighted by molar-refractivity contribution is 6.35. The summed E-state index contributed by atoms with van der Waals surface area (Å²) in [6.45, 7) is 4.84. The van der Waals surface area contributed by atoms with Crippen molar-refractivity contribution in [3.05, 3.63) is 33.8 Å². The molecule has 1 saturated heterocycles. The lowest BCUT2D eigenvalue weighted by Gasteiger charge is -2.38. The first-order valence-corrected chi connectivity index (χ1v) is 8.93. The van der Waals surface area contributed by atoms with Crippen LogP contribution in [-0.2, 0) is 11.2 Å². The van der Waals surface area contributed by atoms with Crippen LogP contribution in [0.5, 0.6) is 0 Å². The Labute approximate surface area is 148 Å². The van der Waals surface area contributed by atoms with Crippen LogP contribution in [-0.4, -0.2) is 49.6 Å². The molecule has 1 heterocycles. The van der Waals surface area contributed by atoms with E-state index in [0.29, 0.717) is 22.5 Å². The van der Waals surface area contributed by atoms with E-state index >= 15 is 0 Å². The molecule has 1 fully saturated rings. The van der Waals surface area contributed by atoms with Crippen molar-refractivity contribution in [3.8, 4) is 0 Å². The predicted molar refractivity (Wildman–Crippen MR) is 96.3 cm³/mol. The number of hydrogen-bond donors (Lipinski definition) is 2. The number of hydrogen-bond acceptors (Lipinski definition) is 3. The smallest absolute Gasteiger partial charge is 0.237 e. The molecule has 2 atom stereocenters. The predicted octanol–water partition coefficient (Wildman–Crippen LogP) is 2.72. The molecule has 23 heavy (non-hydrogen) atoms. The number of amides is 1. The summed E-state index contributed by atoms with van der Waals surface area (Å²) in [5.41, 5.74) is 0.954. The van der Waals surface area contributed by atoms with Crippen LogP contribution in [0.25, 0.3) is 0 Å². The molecule has 0 bridgehead atoms. The fourth-order valence-corrected chi connectivity index (χ4v) is 3.61. The summed E-state index contributed by atoms with van der Waals surface area (Å²) in [6.07, 6.45) is 2.85. The van der Waals surface area contributed by atoms with E-state index < -0.39 is 0 Å². The quantitative estimate of drug-likeness (QED) is 0.822. The Morgan fingerprint density at radius 1 is 1.48 bits per heavy atom. The van der Waals surface area contributed by atoms with Crippen LogP contribution in [0.1, 0.15) is 25.3 Å². The molecule has 1 amide bonds. The fourth-order valence-electron chi connectivity index (χ4n) is 3.13. The SMILES string of the molecule is CCCC1CN(C(Cc2ccc(Cl)cc2Cl)C(=O)NC)CCN1. The molecule has 1 aliphatic heterocycles. The third-order valence-corrected chi connectivity index (χ3v) is 4.93. The summed E-state index contributed by atoms with van der Waals surface area (Å²) < 4.78 is 0. The Hall–Kier alpha value is -0.810. The van der Waals surface area contributed by atoms with E-state index in [4.69, 9.17) is 23.2 Å². The Kier molecular flexibility index (Phi) is 7.15. The van der Waals surface area contributed by atoms with Crippen LogP contribution in [0.3, 0.4) is 0 Å². The van der Waals surface area contributed by atoms with Gasteiger partial charge in [-0.15, -0.1) is 0 Å². The fraction of sp³-hybridized carbons (Fsp3) is 0.588. The normalized spacial score (nSPS) is 20.3. The van der Waals surface area contributed by atoms with Crippen LogP contribution in [0.4, 0.5) is 0 Å². The van der Waals surface area contributed by atoms with E-state index in [0.717, 1.165) is 38.0 Å². The highest BCUT2D eigenvalue weighted by Crippen LogP contribution is 2.24. The Bertz CT molecular complexity index is 537. The molecule has 6 heteroatoms. The van der Waals surface area contributed by atoms with Crippen molar-refractivity contribution in [2.45, 2.75) is 38.3 Å². The second kappa shape index (κ2) is 8.88. The number of carbonyl (C=O) groups excluding carboxylic acids is 1. The van der Waals surface area contributed by atoms with Gasteiger partial charge in [0.15, 0.2) is 0 Å². The molecule has 1 aromatic carbocycles. The van der Waals surface area contributed by atoms with Gasteiger partial charge in [-0.2, -0.15) is 0 Å². The molecule has 4 nitrogen and oxygen atoms in total. The van der Waals surface area contributed by atoms with Gasteiger partial charge in [-0.05, 0) is 30.5 Å². The molecule has 1 aromatic rings. The third-order valence-electron chi connectivity index (χ3n) is 4.34. The average molecular weight is 358 g/mol. The largest absolute Gasteiger partial charge is 0.358 e. The number of nitrogens with one attached hydrogen (secondary N) is 2. The number of halogens is 2. The molecule has 0 radical (unpaired) electrons. The average Bonchev–Trinajstić information content (AvgIpc) is 2.54. The second-order valence-corrected chi connectivity index (χ2v) is 6.85. The first-order valence-electron chi connectivity index (χ1n) is 8.18. The maximum Gasteiger partial charge on any atom is 0.237 e. The van der Waals surface area contributed by atoms with Gasteiger partial charge >= 0.3 is 0 Å². The molecular weight excluding hydrogens is 333 g/mol. The first kappa shape index (κ1) is 18.5. The van der Waals surface area contributed by atoms with E-state index in [2.05, 4.69) is 22.5 Å². The number of benzene rings is 1. The first-order chi connectivity index (χ1) is 11.0. The number of rotatable bonds is 6. The van der Waals surface area contributed by atoms with Gasteiger partial charge in [0.1, 0.15) is 0 Å². The Morgan fingerprint density at radius 3 is 2.91 bits per heavy atom. The molecule has 0 spiro atoms. The van der Waals surface area contributed by atoms with Crippen molar-refractivity contribution < 1.29 is 4.79 Å². The molecule has 1 aliphatic rings. The van der Waals surface area contributed by atoms with Crippen molar-refractivity contribution in [2.75, 3.05) is 26.7 Å². The summed E-state index contributed by atoms with van der Waals surface area (Å²) in [5.74, 6) is 0.0353. The molecular formula is C17H25Cl2N3O. The van der Waals surface area contributed by atoms with Crippen molar-refractivity contribution in [1.29, 1.82) is 0 Å². The number of piperazine rings is 1. The zero-order valence-corrected chi connectivity index (χ0v) is 15.3. The zero-order valence-electron chi connectivity index (χ0n) is 13.7. The van der Waals surface area contributed by atoms with Crippen molar-refractivity contribution >= 4 is 29.1 Å². The summed E-state index contributed by atoms with van der Waals surface area (Å²) in [7, 11) is 1.69. The van der Waals surface area contributed by atoms with Crippen LogP contribution in [0.15, 0.2) is 18.2 Å². The second-order valence-electron chi connectivity index (χ2n) is 6.00. The van der Waals surface area contributed by atoms with E-state index in [1.807, 2.05) is 12.1 Å². The minimum absolute atomic E-state index is 0.0353. The molecule has 0 aliphatic carbocycles. The van der Waals surface area contributed by atoms with E-state index in [1.54, 1.807) is 13.1 Å². The number of carbonyl (C=O) groups is 1. The molecule has 128 valence electrons. The van der Waals surface area contributed by atoms with Gasteiger partial charge in [-0.1, -0.05) is 42.6 Å². The van der Waals surface area contributed by atoms with Crippen LogP contribution in [0, 0.1) is 0 Å². The maximum atomic E-state index is 12.4. The van der Waals surface area contributed by atoms with Crippen LogP contribution < -0.4 is 10.6 Å². The van der Waals surface area contributed by atoms with Crippen molar-refractivity contribution in [2.24, 2.45) is 0 Å². The summed E-state index contributed by atoms with van der Waals surface area (Å²) >= 11 is 12.3. The summed E-state index contributed by atoms with van der Waals surface area (Å²) in [4.78, 5) is 14.7. The highest BCUT2D eigenvalue weighted by atomic mass is 35.5. The highest BCUT2D eigenvalue weighted by Gasteiger charge is 2.30. The van der Waals surface area contributed by atoms with Crippen molar-refractivity contribution in [3.63, 3.8) is 0 Å². The van der Waals surface area contributed by atoms with E-state index in [-0.39, 0.29) is 11.9 Å². The lowest BCUT2D eigenvalue weighted by atomic mass is 10.0. The molecule has 2 rings (SSSR count). The van der Waals surface area contributed by atoms with Gasteiger partial charge < -0.3 is 10.6 Å². The summed E-state index contributed by atoms with van der Waals surface area (Å²) in [5, 5.41) is 7.55. The molecule has 2 unspecified atom stereocenters. The minimum Gasteiger partial charge on any atom is -0.358 e. The number of likely N-dealkylation sites (N-methyl/N-ethyl adjacent to an activating group) is 1. The monoisotopic (exact) mass is 357 g/mol. The van der Waals surface area contributed by atoms with E-state index in [1.165, 1.54) is 0 Å². The van der Waals surface area contributed by atoms with Crippen LogP contribution >= 0.6 is 23.2 Å². The molecule has 2 N–H and O–H groups in total. The number of nitrogens with zero attached hydrogens (tertiary/aromatic N) is 1.